The highest BCUT2D eigenvalue weighted by Crippen LogP contribution is 2.27. The third-order valence-corrected chi connectivity index (χ3v) is 2.71. The average molecular weight is 287 g/mol. The van der Waals surface area contributed by atoms with Gasteiger partial charge in [0.05, 0.1) is 4.92 Å². The fraction of sp³-hybridized carbons (Fsp3) is 0.0714. The zero-order valence-electron chi connectivity index (χ0n) is 11.0. The number of ether oxygens (including phenoxy) is 1. The molecule has 0 atom stereocenters. The Bertz CT molecular complexity index is 656. The predicted molar refractivity (Wildman–Crippen MR) is 77.2 cm³/mol. The van der Waals surface area contributed by atoms with E-state index in [-0.39, 0.29) is 12.3 Å². The highest BCUT2D eigenvalue weighted by Gasteiger charge is 2.12. The number of amides is 1. The predicted octanol–water partition coefficient (Wildman–Crippen LogP) is 2.93. The maximum absolute atomic E-state index is 10.9. The minimum absolute atomic E-state index is 0.00126. The molecule has 3 N–H and O–H groups in total. The van der Waals surface area contributed by atoms with Crippen molar-refractivity contribution in [2.45, 2.75) is 6.61 Å². The molecule has 0 radical (unpaired) electrons. The largest absolute Gasteiger partial charge is 0.445 e. The van der Waals surface area contributed by atoms with E-state index < -0.39 is 11.0 Å². The van der Waals surface area contributed by atoms with E-state index in [0.717, 1.165) is 5.56 Å². The Kier molecular flexibility index (Phi) is 4.35. The molecule has 0 saturated heterocycles. The summed E-state index contributed by atoms with van der Waals surface area (Å²) < 4.78 is 4.67. The van der Waals surface area contributed by atoms with Crippen molar-refractivity contribution >= 4 is 23.2 Å². The normalized spacial score (nSPS) is 9.90. The van der Waals surface area contributed by atoms with Gasteiger partial charge in [-0.25, -0.2) is 4.79 Å². The molecule has 0 unspecified atom stereocenters. The molecule has 0 aromatic heterocycles. The van der Waals surface area contributed by atoms with Crippen molar-refractivity contribution in [2.24, 2.45) is 5.73 Å². The molecular formula is C14H13N3O4. The van der Waals surface area contributed by atoms with Gasteiger partial charge in [-0.2, -0.15) is 0 Å². The Balaban J connectivity index is 2.10. The number of rotatable bonds is 5. The molecule has 0 spiro atoms. The Morgan fingerprint density at radius 2 is 1.86 bits per heavy atom. The number of nitro groups is 1. The van der Waals surface area contributed by atoms with Crippen LogP contribution in [0.1, 0.15) is 5.56 Å². The molecule has 0 heterocycles. The van der Waals surface area contributed by atoms with Gasteiger partial charge in [-0.15, -0.1) is 0 Å². The number of para-hydroxylation sites is 2. The van der Waals surface area contributed by atoms with Gasteiger partial charge >= 0.3 is 6.09 Å². The SMILES string of the molecule is NC(=O)OCc1ccc(Nc2ccccc2[N+](=O)[O-])cc1. The van der Waals surface area contributed by atoms with Gasteiger partial charge < -0.3 is 15.8 Å². The monoisotopic (exact) mass is 287 g/mol. The minimum atomic E-state index is -0.836. The van der Waals surface area contributed by atoms with E-state index in [9.17, 15) is 14.9 Å². The molecule has 1 amide bonds. The van der Waals surface area contributed by atoms with Crippen LogP contribution >= 0.6 is 0 Å². The second-order valence-electron chi connectivity index (χ2n) is 4.20. The van der Waals surface area contributed by atoms with Gasteiger partial charge in [0.25, 0.3) is 5.69 Å². The van der Waals surface area contributed by atoms with Crippen molar-refractivity contribution in [3.63, 3.8) is 0 Å². The van der Waals surface area contributed by atoms with Crippen LogP contribution in [0.25, 0.3) is 0 Å². The van der Waals surface area contributed by atoms with Crippen molar-refractivity contribution in [3.8, 4) is 0 Å². The molecule has 0 aliphatic rings. The van der Waals surface area contributed by atoms with Gasteiger partial charge in [0.2, 0.25) is 0 Å². The van der Waals surface area contributed by atoms with E-state index >= 15 is 0 Å². The summed E-state index contributed by atoms with van der Waals surface area (Å²) in [7, 11) is 0. The summed E-state index contributed by atoms with van der Waals surface area (Å²) in [6.45, 7) is 0.0844. The van der Waals surface area contributed by atoms with Crippen LogP contribution in [0.5, 0.6) is 0 Å². The van der Waals surface area contributed by atoms with Crippen LogP contribution in [0.4, 0.5) is 21.9 Å². The molecule has 0 aliphatic carbocycles. The number of hydrogen-bond acceptors (Lipinski definition) is 5. The summed E-state index contributed by atoms with van der Waals surface area (Å²) in [4.78, 5) is 21.0. The number of benzene rings is 2. The Morgan fingerprint density at radius 1 is 1.19 bits per heavy atom. The number of carbonyl (C=O) groups is 1. The maximum atomic E-state index is 10.9. The van der Waals surface area contributed by atoms with Gasteiger partial charge in [0.15, 0.2) is 0 Å². The van der Waals surface area contributed by atoms with Crippen LogP contribution in [-0.4, -0.2) is 11.0 Å². The van der Waals surface area contributed by atoms with Crippen LogP contribution in [-0.2, 0) is 11.3 Å². The van der Waals surface area contributed by atoms with E-state index in [2.05, 4.69) is 10.1 Å². The molecule has 7 heteroatoms. The molecule has 2 aromatic carbocycles. The number of hydrogen-bond donors (Lipinski definition) is 2. The second-order valence-corrected chi connectivity index (χ2v) is 4.20. The van der Waals surface area contributed by atoms with Crippen molar-refractivity contribution < 1.29 is 14.5 Å². The van der Waals surface area contributed by atoms with E-state index in [1.165, 1.54) is 6.07 Å². The second kappa shape index (κ2) is 6.38. The average Bonchev–Trinajstić information content (AvgIpc) is 2.47. The summed E-state index contributed by atoms with van der Waals surface area (Å²) in [6, 6.07) is 13.3. The third kappa shape index (κ3) is 3.93. The number of nitrogens with two attached hydrogens (primary N) is 1. The first kappa shape index (κ1) is 14.3. The molecule has 21 heavy (non-hydrogen) atoms. The molecule has 0 saturated carbocycles. The number of nitrogens with one attached hydrogen (secondary N) is 1. The molecular weight excluding hydrogens is 274 g/mol. The van der Waals surface area contributed by atoms with E-state index in [4.69, 9.17) is 5.73 Å². The van der Waals surface area contributed by atoms with Gasteiger partial charge in [0.1, 0.15) is 12.3 Å². The molecule has 2 rings (SSSR count). The lowest BCUT2D eigenvalue weighted by Crippen LogP contribution is -2.12. The van der Waals surface area contributed by atoms with Gasteiger partial charge in [-0.05, 0) is 23.8 Å². The van der Waals surface area contributed by atoms with Crippen LogP contribution in [0.2, 0.25) is 0 Å². The first-order valence-corrected chi connectivity index (χ1v) is 6.08. The molecule has 2 aromatic rings. The van der Waals surface area contributed by atoms with Crippen LogP contribution < -0.4 is 11.1 Å². The van der Waals surface area contributed by atoms with Gasteiger partial charge in [-0.3, -0.25) is 10.1 Å². The standard InChI is InChI=1S/C14H13N3O4/c15-14(18)21-9-10-5-7-11(8-6-10)16-12-3-1-2-4-13(12)17(19)20/h1-8,16H,9H2,(H2,15,18). The number of nitrogens with zero attached hydrogens (tertiary/aromatic N) is 1. The molecule has 0 fully saturated rings. The number of anilines is 2. The Hall–Kier alpha value is -3.09. The van der Waals surface area contributed by atoms with Crippen LogP contribution in [0.3, 0.4) is 0 Å². The summed E-state index contributed by atoms with van der Waals surface area (Å²) in [5.41, 5.74) is 6.74. The van der Waals surface area contributed by atoms with Crippen molar-refractivity contribution in [1.29, 1.82) is 0 Å². The first-order valence-electron chi connectivity index (χ1n) is 6.08. The summed E-state index contributed by atoms with van der Waals surface area (Å²) in [5.74, 6) is 0. The fourth-order valence-electron chi connectivity index (χ4n) is 1.73. The van der Waals surface area contributed by atoms with Crippen LogP contribution in [0, 0.1) is 10.1 Å². The lowest BCUT2D eigenvalue weighted by atomic mass is 10.2. The van der Waals surface area contributed by atoms with Gasteiger partial charge in [-0.1, -0.05) is 24.3 Å². The van der Waals surface area contributed by atoms with Crippen molar-refractivity contribution in [1.82, 2.24) is 0 Å². The molecule has 7 nitrogen and oxygen atoms in total. The van der Waals surface area contributed by atoms with Gasteiger partial charge in [0, 0.05) is 11.8 Å². The highest BCUT2D eigenvalue weighted by molar-refractivity contribution is 5.69. The van der Waals surface area contributed by atoms with E-state index in [1.54, 1.807) is 42.5 Å². The molecule has 0 bridgehead atoms. The molecule has 0 aliphatic heterocycles. The van der Waals surface area contributed by atoms with Crippen molar-refractivity contribution in [2.75, 3.05) is 5.32 Å². The Labute approximate surface area is 120 Å². The number of carbonyl (C=O) groups excluding carboxylic acids is 1. The minimum Gasteiger partial charge on any atom is -0.445 e. The smallest absolute Gasteiger partial charge is 0.404 e. The quantitative estimate of drug-likeness (QED) is 0.649. The first-order chi connectivity index (χ1) is 10.1. The Morgan fingerprint density at radius 3 is 2.48 bits per heavy atom. The number of nitro benzene ring substituents is 1. The number of primary amides is 1. The lowest BCUT2D eigenvalue weighted by Gasteiger charge is -2.08. The van der Waals surface area contributed by atoms with Crippen molar-refractivity contribution in [3.05, 3.63) is 64.2 Å². The van der Waals surface area contributed by atoms with E-state index in [1.807, 2.05) is 0 Å². The van der Waals surface area contributed by atoms with Crippen LogP contribution in [0.15, 0.2) is 48.5 Å². The van der Waals surface area contributed by atoms with E-state index in [0.29, 0.717) is 11.4 Å². The fourth-order valence-corrected chi connectivity index (χ4v) is 1.73. The summed E-state index contributed by atoms with van der Waals surface area (Å²) in [6.07, 6.45) is -0.836. The lowest BCUT2D eigenvalue weighted by molar-refractivity contribution is -0.383. The third-order valence-electron chi connectivity index (χ3n) is 2.71. The highest BCUT2D eigenvalue weighted by atomic mass is 16.6. The maximum Gasteiger partial charge on any atom is 0.404 e. The zero-order valence-corrected chi connectivity index (χ0v) is 11.0. The topological polar surface area (TPSA) is 107 Å². The summed E-state index contributed by atoms with van der Waals surface area (Å²) in [5, 5.41) is 13.9. The zero-order chi connectivity index (χ0) is 15.2. The molecule has 108 valence electrons. The summed E-state index contributed by atoms with van der Waals surface area (Å²) >= 11 is 0.